The second-order valence-electron chi connectivity index (χ2n) is 5.25. The van der Waals surface area contributed by atoms with Gasteiger partial charge in [0.2, 0.25) is 0 Å². The fourth-order valence-corrected chi connectivity index (χ4v) is 2.29. The highest BCUT2D eigenvalue weighted by Gasteiger charge is 2.20. The molecule has 1 heterocycles. The summed E-state index contributed by atoms with van der Waals surface area (Å²) in [4.78, 5) is 27.2. The van der Waals surface area contributed by atoms with E-state index in [-0.39, 0.29) is 23.7 Å². The summed E-state index contributed by atoms with van der Waals surface area (Å²) in [7, 11) is 2.76. The van der Waals surface area contributed by atoms with E-state index in [1.807, 2.05) is 0 Å². The molecular formula is C16H16F2N4O4. The van der Waals surface area contributed by atoms with Gasteiger partial charge in [0.15, 0.2) is 0 Å². The SMILES string of the molecule is COC(=O)/C=C/c1ccc(N(C)Cc2nccn2C(F)F)c([N+](=O)[O-])c1. The van der Waals surface area contributed by atoms with Gasteiger partial charge in [0, 0.05) is 31.6 Å². The zero-order valence-electron chi connectivity index (χ0n) is 14.0. The number of anilines is 1. The molecule has 138 valence electrons. The van der Waals surface area contributed by atoms with E-state index in [1.54, 1.807) is 6.07 Å². The van der Waals surface area contributed by atoms with Crippen molar-refractivity contribution in [3.05, 3.63) is 58.2 Å². The van der Waals surface area contributed by atoms with Gasteiger partial charge in [-0.25, -0.2) is 9.78 Å². The van der Waals surface area contributed by atoms with E-state index in [9.17, 15) is 23.7 Å². The minimum atomic E-state index is -2.75. The van der Waals surface area contributed by atoms with E-state index in [1.165, 1.54) is 43.5 Å². The van der Waals surface area contributed by atoms with Crippen molar-refractivity contribution >= 4 is 23.4 Å². The molecule has 0 fully saturated rings. The van der Waals surface area contributed by atoms with Crippen LogP contribution in [0.4, 0.5) is 20.2 Å². The first-order chi connectivity index (χ1) is 12.3. The number of aromatic nitrogens is 2. The van der Waals surface area contributed by atoms with Crippen molar-refractivity contribution in [1.29, 1.82) is 0 Å². The van der Waals surface area contributed by atoms with Crippen LogP contribution < -0.4 is 4.90 Å². The number of imidazole rings is 1. The number of nitro benzene ring substituents is 1. The smallest absolute Gasteiger partial charge is 0.330 e. The number of alkyl halides is 2. The number of halogens is 2. The van der Waals surface area contributed by atoms with E-state index < -0.39 is 17.4 Å². The van der Waals surface area contributed by atoms with Crippen LogP contribution in [-0.2, 0) is 16.1 Å². The Morgan fingerprint density at radius 2 is 2.23 bits per heavy atom. The molecule has 2 rings (SSSR count). The fraction of sp³-hybridized carbons (Fsp3) is 0.250. The molecule has 0 aliphatic heterocycles. The monoisotopic (exact) mass is 366 g/mol. The standard InChI is InChI=1S/C16H16F2N4O4/c1-20(10-14-19-7-8-21(14)16(17)18)12-5-3-11(4-6-15(23)26-2)9-13(12)22(24)25/h3-9,16H,10H2,1-2H3/b6-4+. The Hall–Kier alpha value is -3.30. The molecule has 0 saturated heterocycles. The van der Waals surface area contributed by atoms with E-state index in [4.69, 9.17) is 0 Å². The van der Waals surface area contributed by atoms with E-state index >= 15 is 0 Å². The normalized spacial score (nSPS) is 11.1. The van der Waals surface area contributed by atoms with Crippen molar-refractivity contribution in [3.63, 3.8) is 0 Å². The molecule has 26 heavy (non-hydrogen) atoms. The molecule has 0 aliphatic rings. The molecule has 10 heteroatoms. The number of hydrogen-bond donors (Lipinski definition) is 0. The summed E-state index contributed by atoms with van der Waals surface area (Å²) >= 11 is 0. The maximum atomic E-state index is 12.9. The maximum Gasteiger partial charge on any atom is 0.330 e. The van der Waals surface area contributed by atoms with Gasteiger partial charge in [0.05, 0.1) is 18.6 Å². The summed E-state index contributed by atoms with van der Waals surface area (Å²) in [6.07, 6.45) is 4.90. The van der Waals surface area contributed by atoms with Crippen LogP contribution in [0.5, 0.6) is 0 Å². The molecule has 2 aromatic rings. The van der Waals surface area contributed by atoms with Crippen LogP contribution in [0.2, 0.25) is 0 Å². The highest BCUT2D eigenvalue weighted by molar-refractivity contribution is 5.87. The first-order valence-corrected chi connectivity index (χ1v) is 7.39. The Morgan fingerprint density at radius 1 is 1.50 bits per heavy atom. The number of nitrogens with zero attached hydrogens (tertiary/aromatic N) is 4. The average Bonchev–Trinajstić information content (AvgIpc) is 3.07. The molecular weight excluding hydrogens is 350 g/mol. The Kier molecular flexibility index (Phi) is 5.99. The lowest BCUT2D eigenvalue weighted by Crippen LogP contribution is -2.21. The zero-order chi connectivity index (χ0) is 19.3. The van der Waals surface area contributed by atoms with Gasteiger partial charge in [-0.2, -0.15) is 8.78 Å². The molecule has 0 amide bonds. The third-order valence-electron chi connectivity index (χ3n) is 3.56. The van der Waals surface area contributed by atoms with E-state index in [2.05, 4.69) is 9.72 Å². The van der Waals surface area contributed by atoms with Gasteiger partial charge in [-0.3, -0.25) is 14.7 Å². The van der Waals surface area contributed by atoms with Gasteiger partial charge in [-0.1, -0.05) is 6.07 Å². The molecule has 0 atom stereocenters. The number of carbonyl (C=O) groups is 1. The quantitative estimate of drug-likeness (QED) is 0.324. The zero-order valence-corrected chi connectivity index (χ0v) is 14.0. The van der Waals surface area contributed by atoms with Gasteiger partial charge in [0.1, 0.15) is 11.5 Å². The van der Waals surface area contributed by atoms with Crippen LogP contribution in [0.3, 0.4) is 0 Å². The second-order valence-corrected chi connectivity index (χ2v) is 5.25. The number of benzene rings is 1. The van der Waals surface area contributed by atoms with Crippen molar-refractivity contribution < 1.29 is 23.2 Å². The number of hydrogen-bond acceptors (Lipinski definition) is 6. The first-order valence-electron chi connectivity index (χ1n) is 7.39. The molecule has 0 saturated carbocycles. The highest BCUT2D eigenvalue weighted by Crippen LogP contribution is 2.30. The summed E-state index contributed by atoms with van der Waals surface area (Å²) in [6.45, 7) is -2.79. The number of ether oxygens (including phenoxy) is 1. The van der Waals surface area contributed by atoms with E-state index in [0.29, 0.717) is 10.1 Å². The number of carbonyl (C=O) groups excluding carboxylic acids is 1. The average molecular weight is 366 g/mol. The molecule has 1 aromatic carbocycles. The molecule has 0 bridgehead atoms. The lowest BCUT2D eigenvalue weighted by Gasteiger charge is -2.19. The minimum Gasteiger partial charge on any atom is -0.466 e. The summed E-state index contributed by atoms with van der Waals surface area (Å²) < 4.78 is 31.0. The lowest BCUT2D eigenvalue weighted by atomic mass is 10.1. The van der Waals surface area contributed by atoms with Crippen LogP contribution >= 0.6 is 0 Å². The number of nitro groups is 1. The Labute approximate surface area is 147 Å². The molecule has 0 radical (unpaired) electrons. The minimum absolute atomic E-state index is 0.0461. The maximum absolute atomic E-state index is 12.9. The molecule has 0 spiro atoms. The fourth-order valence-electron chi connectivity index (χ4n) is 2.29. The predicted octanol–water partition coefficient (Wildman–Crippen LogP) is 3.01. The van der Waals surface area contributed by atoms with Gasteiger partial charge in [-0.05, 0) is 17.7 Å². The van der Waals surface area contributed by atoms with Gasteiger partial charge < -0.3 is 9.64 Å². The van der Waals surface area contributed by atoms with Crippen LogP contribution in [0.25, 0.3) is 6.08 Å². The van der Waals surface area contributed by atoms with Crippen molar-refractivity contribution in [2.75, 3.05) is 19.1 Å². The van der Waals surface area contributed by atoms with Gasteiger partial charge >= 0.3 is 12.5 Å². The van der Waals surface area contributed by atoms with Crippen molar-refractivity contribution in [3.8, 4) is 0 Å². The Balaban J connectivity index is 2.30. The first kappa shape index (κ1) is 19.0. The van der Waals surface area contributed by atoms with Crippen molar-refractivity contribution in [1.82, 2.24) is 9.55 Å². The highest BCUT2D eigenvalue weighted by atomic mass is 19.3. The number of methoxy groups -OCH3 is 1. The second kappa shape index (κ2) is 8.19. The molecule has 0 unspecified atom stereocenters. The van der Waals surface area contributed by atoms with Crippen molar-refractivity contribution in [2.24, 2.45) is 0 Å². The van der Waals surface area contributed by atoms with Crippen LogP contribution in [0.15, 0.2) is 36.7 Å². The Bertz CT molecular complexity index is 835. The van der Waals surface area contributed by atoms with Crippen molar-refractivity contribution in [2.45, 2.75) is 13.1 Å². The molecule has 1 aromatic heterocycles. The lowest BCUT2D eigenvalue weighted by molar-refractivity contribution is -0.384. The van der Waals surface area contributed by atoms with Gasteiger partial charge in [0.25, 0.3) is 5.69 Å². The molecule has 0 N–H and O–H groups in total. The van der Waals surface area contributed by atoms with Crippen LogP contribution in [-0.4, -0.2) is 34.6 Å². The number of rotatable bonds is 7. The summed E-state index contributed by atoms with van der Waals surface area (Å²) in [5.41, 5.74) is 0.428. The third kappa shape index (κ3) is 4.41. The predicted molar refractivity (Wildman–Crippen MR) is 89.7 cm³/mol. The number of esters is 1. The Morgan fingerprint density at radius 3 is 2.85 bits per heavy atom. The summed E-state index contributed by atoms with van der Waals surface area (Å²) in [6, 6.07) is 4.33. The topological polar surface area (TPSA) is 90.5 Å². The van der Waals surface area contributed by atoms with E-state index in [0.717, 1.165) is 12.3 Å². The van der Waals surface area contributed by atoms with Crippen LogP contribution in [0, 0.1) is 10.1 Å². The summed E-state index contributed by atoms with van der Waals surface area (Å²) in [5, 5.41) is 11.4. The molecule has 0 aliphatic carbocycles. The van der Waals surface area contributed by atoms with Gasteiger partial charge in [-0.15, -0.1) is 0 Å². The third-order valence-corrected chi connectivity index (χ3v) is 3.56. The largest absolute Gasteiger partial charge is 0.466 e. The summed E-state index contributed by atoms with van der Waals surface area (Å²) in [5.74, 6) is -0.515. The molecule has 8 nitrogen and oxygen atoms in total. The van der Waals surface area contributed by atoms with Crippen LogP contribution in [0.1, 0.15) is 17.9 Å².